The minimum atomic E-state index is -0.204. The fourth-order valence-electron chi connectivity index (χ4n) is 4.24. The first-order valence-electron chi connectivity index (χ1n) is 10.4. The number of hydrogen-bond donors (Lipinski definition) is 0. The molecule has 0 bridgehead atoms. The molecule has 2 aliphatic heterocycles. The lowest BCUT2D eigenvalue weighted by Gasteiger charge is -2.35. The second kappa shape index (κ2) is 10.1. The standard InChI is InChI=1S/C22H34N2O3/c1-23(22(25)21-9-5-6-16-27-21)17-18-10-13-24(14-11-18)15-12-19-7-3-4-8-20(19)26-2/h3-4,7-8,18,21H,5-6,9-17H2,1-2H3. The van der Waals surface area contributed by atoms with E-state index in [4.69, 9.17) is 9.47 Å². The van der Waals surface area contributed by atoms with E-state index in [1.54, 1.807) is 7.11 Å². The number of carbonyl (C=O) groups is 1. The highest BCUT2D eigenvalue weighted by atomic mass is 16.5. The van der Waals surface area contributed by atoms with Gasteiger partial charge in [-0.25, -0.2) is 0 Å². The minimum Gasteiger partial charge on any atom is -0.496 e. The summed E-state index contributed by atoms with van der Waals surface area (Å²) in [6, 6.07) is 8.28. The first kappa shape index (κ1) is 20.2. The molecule has 5 nitrogen and oxygen atoms in total. The van der Waals surface area contributed by atoms with Crippen LogP contribution in [0.5, 0.6) is 5.75 Å². The molecule has 0 N–H and O–H groups in total. The topological polar surface area (TPSA) is 42.0 Å². The summed E-state index contributed by atoms with van der Waals surface area (Å²) in [5.74, 6) is 1.76. The van der Waals surface area contributed by atoms with Crippen LogP contribution in [0.1, 0.15) is 37.7 Å². The third-order valence-corrected chi connectivity index (χ3v) is 5.96. The molecular weight excluding hydrogens is 340 g/mol. The SMILES string of the molecule is COc1ccccc1CCN1CCC(CN(C)C(=O)C2CCCCO2)CC1. The van der Waals surface area contributed by atoms with Crippen molar-refractivity contribution in [3.05, 3.63) is 29.8 Å². The highest BCUT2D eigenvalue weighted by molar-refractivity contribution is 5.80. The molecule has 2 aliphatic rings. The predicted molar refractivity (Wildman–Crippen MR) is 107 cm³/mol. The van der Waals surface area contributed by atoms with Gasteiger partial charge in [-0.05, 0) is 69.2 Å². The lowest BCUT2D eigenvalue weighted by molar-refractivity contribution is -0.145. The molecule has 0 aliphatic carbocycles. The monoisotopic (exact) mass is 374 g/mol. The molecule has 0 radical (unpaired) electrons. The van der Waals surface area contributed by atoms with Crippen molar-refractivity contribution in [2.24, 2.45) is 5.92 Å². The molecule has 1 atom stereocenters. The van der Waals surface area contributed by atoms with Gasteiger partial charge in [0.05, 0.1) is 7.11 Å². The molecule has 1 aromatic carbocycles. The Hall–Kier alpha value is -1.59. The van der Waals surface area contributed by atoms with E-state index in [0.29, 0.717) is 5.92 Å². The van der Waals surface area contributed by atoms with Gasteiger partial charge in [-0.15, -0.1) is 0 Å². The number of ether oxygens (including phenoxy) is 2. The van der Waals surface area contributed by atoms with Gasteiger partial charge in [0.1, 0.15) is 11.9 Å². The molecule has 5 heteroatoms. The first-order valence-corrected chi connectivity index (χ1v) is 10.4. The molecule has 0 aromatic heterocycles. The Morgan fingerprint density at radius 1 is 1.22 bits per heavy atom. The maximum atomic E-state index is 12.5. The molecule has 2 fully saturated rings. The smallest absolute Gasteiger partial charge is 0.251 e. The van der Waals surface area contributed by atoms with Gasteiger partial charge in [-0.1, -0.05) is 18.2 Å². The van der Waals surface area contributed by atoms with E-state index >= 15 is 0 Å². The van der Waals surface area contributed by atoms with Gasteiger partial charge < -0.3 is 19.3 Å². The first-order chi connectivity index (χ1) is 13.2. The molecule has 1 amide bonds. The Bertz CT molecular complexity index is 593. The van der Waals surface area contributed by atoms with Crippen LogP contribution in [0.2, 0.25) is 0 Å². The number of piperidine rings is 1. The van der Waals surface area contributed by atoms with Crippen molar-refractivity contribution in [2.75, 3.05) is 46.9 Å². The Kier molecular flexibility index (Phi) is 7.53. The van der Waals surface area contributed by atoms with Gasteiger partial charge in [0, 0.05) is 26.7 Å². The van der Waals surface area contributed by atoms with Crippen LogP contribution < -0.4 is 4.74 Å². The zero-order chi connectivity index (χ0) is 19.1. The summed E-state index contributed by atoms with van der Waals surface area (Å²) in [6.07, 6.45) is 6.21. The second-order valence-electron chi connectivity index (χ2n) is 7.92. The highest BCUT2D eigenvalue weighted by Crippen LogP contribution is 2.22. The number of para-hydroxylation sites is 1. The van der Waals surface area contributed by atoms with Crippen molar-refractivity contribution in [2.45, 2.75) is 44.6 Å². The molecular formula is C22H34N2O3. The van der Waals surface area contributed by atoms with Crippen LogP contribution in [-0.2, 0) is 16.0 Å². The lowest BCUT2D eigenvalue weighted by Crippen LogP contribution is -2.44. The molecule has 2 heterocycles. The fourth-order valence-corrected chi connectivity index (χ4v) is 4.24. The van der Waals surface area contributed by atoms with E-state index in [1.807, 2.05) is 24.1 Å². The number of benzene rings is 1. The summed E-state index contributed by atoms with van der Waals surface area (Å²) in [5.41, 5.74) is 1.28. The quantitative estimate of drug-likeness (QED) is 0.736. The number of likely N-dealkylation sites (tertiary alicyclic amines) is 1. The molecule has 2 saturated heterocycles. The number of hydrogen-bond acceptors (Lipinski definition) is 4. The zero-order valence-electron chi connectivity index (χ0n) is 16.9. The number of likely N-dealkylation sites (N-methyl/N-ethyl adjacent to an activating group) is 1. The van der Waals surface area contributed by atoms with Gasteiger partial charge in [-0.2, -0.15) is 0 Å². The maximum Gasteiger partial charge on any atom is 0.251 e. The largest absolute Gasteiger partial charge is 0.496 e. The summed E-state index contributed by atoms with van der Waals surface area (Å²) in [6.45, 7) is 4.88. The van der Waals surface area contributed by atoms with Crippen LogP contribution in [0, 0.1) is 5.92 Å². The van der Waals surface area contributed by atoms with Crippen LogP contribution in [-0.4, -0.2) is 68.8 Å². The highest BCUT2D eigenvalue weighted by Gasteiger charge is 2.27. The van der Waals surface area contributed by atoms with E-state index in [1.165, 1.54) is 5.56 Å². The van der Waals surface area contributed by atoms with E-state index in [-0.39, 0.29) is 12.0 Å². The minimum absolute atomic E-state index is 0.174. The van der Waals surface area contributed by atoms with Crippen molar-refractivity contribution in [1.82, 2.24) is 9.80 Å². The number of amides is 1. The van der Waals surface area contributed by atoms with Crippen molar-refractivity contribution < 1.29 is 14.3 Å². The Morgan fingerprint density at radius 2 is 2.00 bits per heavy atom. The summed E-state index contributed by atoms with van der Waals surface area (Å²) in [5, 5.41) is 0. The lowest BCUT2D eigenvalue weighted by atomic mass is 9.95. The summed E-state index contributed by atoms with van der Waals surface area (Å²) < 4.78 is 11.1. The Labute approximate surface area is 163 Å². The van der Waals surface area contributed by atoms with Crippen molar-refractivity contribution in [3.8, 4) is 5.75 Å². The van der Waals surface area contributed by atoms with Crippen LogP contribution in [0.3, 0.4) is 0 Å². The van der Waals surface area contributed by atoms with Gasteiger partial charge >= 0.3 is 0 Å². The van der Waals surface area contributed by atoms with Crippen LogP contribution in [0.4, 0.5) is 0 Å². The van der Waals surface area contributed by atoms with Crippen LogP contribution >= 0.6 is 0 Å². The third-order valence-electron chi connectivity index (χ3n) is 5.96. The molecule has 0 saturated carbocycles. The van der Waals surface area contributed by atoms with E-state index in [9.17, 15) is 4.79 Å². The van der Waals surface area contributed by atoms with Gasteiger partial charge in [-0.3, -0.25) is 4.79 Å². The van der Waals surface area contributed by atoms with E-state index < -0.39 is 0 Å². The summed E-state index contributed by atoms with van der Waals surface area (Å²) >= 11 is 0. The maximum absolute atomic E-state index is 12.5. The van der Waals surface area contributed by atoms with Gasteiger partial charge in [0.15, 0.2) is 0 Å². The predicted octanol–water partition coefficient (Wildman–Crippen LogP) is 2.98. The molecule has 1 aromatic rings. The van der Waals surface area contributed by atoms with E-state index in [0.717, 1.165) is 77.1 Å². The van der Waals surface area contributed by atoms with Crippen molar-refractivity contribution in [3.63, 3.8) is 0 Å². The van der Waals surface area contributed by atoms with E-state index in [2.05, 4.69) is 17.0 Å². The Morgan fingerprint density at radius 3 is 2.70 bits per heavy atom. The molecule has 150 valence electrons. The number of methoxy groups -OCH3 is 1. The molecule has 27 heavy (non-hydrogen) atoms. The molecule has 1 unspecified atom stereocenters. The normalized spacial score (nSPS) is 21.8. The molecule has 0 spiro atoms. The number of rotatable bonds is 7. The third kappa shape index (κ3) is 5.69. The Balaban J connectivity index is 1.39. The van der Waals surface area contributed by atoms with Crippen LogP contribution in [0.25, 0.3) is 0 Å². The van der Waals surface area contributed by atoms with Crippen molar-refractivity contribution in [1.29, 1.82) is 0 Å². The van der Waals surface area contributed by atoms with Gasteiger partial charge in [0.25, 0.3) is 5.91 Å². The summed E-state index contributed by atoms with van der Waals surface area (Å²) in [7, 11) is 3.68. The second-order valence-corrected chi connectivity index (χ2v) is 7.92. The fraction of sp³-hybridized carbons (Fsp3) is 0.682. The average molecular weight is 375 g/mol. The average Bonchev–Trinajstić information content (AvgIpc) is 2.73. The van der Waals surface area contributed by atoms with Gasteiger partial charge in [0.2, 0.25) is 0 Å². The zero-order valence-corrected chi connectivity index (χ0v) is 16.9. The number of nitrogens with zero attached hydrogens (tertiary/aromatic N) is 2. The van der Waals surface area contributed by atoms with Crippen LogP contribution in [0.15, 0.2) is 24.3 Å². The number of carbonyl (C=O) groups excluding carboxylic acids is 1. The molecule has 3 rings (SSSR count). The summed E-state index contributed by atoms with van der Waals surface area (Å²) in [4.78, 5) is 17.0. The van der Waals surface area contributed by atoms with Crippen molar-refractivity contribution >= 4 is 5.91 Å².